The first kappa shape index (κ1) is 19.5. The zero-order valence-corrected chi connectivity index (χ0v) is 16.4. The molecule has 3 aromatic rings. The third kappa shape index (κ3) is 4.19. The number of methoxy groups -OCH3 is 1. The van der Waals surface area contributed by atoms with Gasteiger partial charge in [-0.25, -0.2) is 9.78 Å². The Kier molecular flexibility index (Phi) is 6.04. The molecule has 1 aromatic heterocycles. The average Bonchev–Trinajstić information content (AvgIpc) is 2.72. The van der Waals surface area contributed by atoms with Crippen molar-refractivity contribution >= 4 is 5.97 Å². The van der Waals surface area contributed by atoms with Crippen molar-refractivity contribution in [3.05, 3.63) is 65.5 Å². The van der Waals surface area contributed by atoms with Gasteiger partial charge in [0.2, 0.25) is 0 Å². The van der Waals surface area contributed by atoms with Gasteiger partial charge in [0, 0.05) is 17.3 Å². The second-order valence-corrected chi connectivity index (χ2v) is 6.73. The van der Waals surface area contributed by atoms with E-state index in [9.17, 15) is 9.90 Å². The maximum absolute atomic E-state index is 11.3. The zero-order valence-electron chi connectivity index (χ0n) is 16.4. The van der Waals surface area contributed by atoms with Crippen LogP contribution in [0.5, 0.6) is 5.75 Å². The van der Waals surface area contributed by atoms with Crippen molar-refractivity contribution in [2.45, 2.75) is 33.1 Å². The minimum atomic E-state index is -0.937. The summed E-state index contributed by atoms with van der Waals surface area (Å²) >= 11 is 0. The van der Waals surface area contributed by atoms with Crippen LogP contribution in [0.2, 0.25) is 0 Å². The number of carboxylic acids is 1. The van der Waals surface area contributed by atoms with E-state index in [0.717, 1.165) is 58.8 Å². The molecule has 0 saturated heterocycles. The van der Waals surface area contributed by atoms with Crippen molar-refractivity contribution in [3.63, 3.8) is 0 Å². The van der Waals surface area contributed by atoms with E-state index >= 15 is 0 Å². The molecule has 0 radical (unpaired) electrons. The molecule has 0 aliphatic heterocycles. The minimum Gasteiger partial charge on any atom is -0.497 e. The van der Waals surface area contributed by atoms with Crippen LogP contribution in [0.1, 0.15) is 41.4 Å². The molecular weight excluding hydrogens is 352 g/mol. The lowest BCUT2D eigenvalue weighted by molar-refractivity contribution is 0.0697. The molecule has 1 N–H and O–H groups in total. The van der Waals surface area contributed by atoms with Crippen LogP contribution in [0.15, 0.2) is 48.7 Å². The smallest absolute Gasteiger partial charge is 0.335 e. The standard InChI is InChI=1S/C23H24N2O3/c1-4-5-6-18-14-24-21(16-7-10-19(28-3)11-8-16)22(25-18)20-12-9-17(23(26)27)13-15(20)2/h7-14H,4-6H2,1-3H3,(H,26,27). The quantitative estimate of drug-likeness (QED) is 0.616. The summed E-state index contributed by atoms with van der Waals surface area (Å²) in [5, 5.41) is 9.25. The maximum Gasteiger partial charge on any atom is 0.335 e. The van der Waals surface area contributed by atoms with Crippen molar-refractivity contribution < 1.29 is 14.6 Å². The van der Waals surface area contributed by atoms with Crippen LogP contribution < -0.4 is 4.74 Å². The maximum atomic E-state index is 11.3. The Morgan fingerprint density at radius 3 is 2.46 bits per heavy atom. The predicted molar refractivity (Wildman–Crippen MR) is 110 cm³/mol. The molecule has 0 unspecified atom stereocenters. The van der Waals surface area contributed by atoms with Crippen LogP contribution in [0, 0.1) is 6.92 Å². The number of ether oxygens (including phenoxy) is 1. The Hall–Kier alpha value is -3.21. The summed E-state index contributed by atoms with van der Waals surface area (Å²) in [5.41, 5.74) is 5.44. The number of carbonyl (C=O) groups is 1. The molecule has 0 saturated carbocycles. The van der Waals surface area contributed by atoms with Gasteiger partial charge in [0.25, 0.3) is 0 Å². The Morgan fingerprint density at radius 1 is 1.11 bits per heavy atom. The fourth-order valence-corrected chi connectivity index (χ4v) is 3.11. The fourth-order valence-electron chi connectivity index (χ4n) is 3.11. The summed E-state index contributed by atoms with van der Waals surface area (Å²) in [4.78, 5) is 20.9. The third-order valence-corrected chi connectivity index (χ3v) is 4.70. The Labute approximate surface area is 165 Å². The first-order valence-corrected chi connectivity index (χ1v) is 9.38. The van der Waals surface area contributed by atoms with E-state index in [4.69, 9.17) is 14.7 Å². The Bertz CT molecular complexity index is 982. The number of nitrogens with zero attached hydrogens (tertiary/aromatic N) is 2. The third-order valence-electron chi connectivity index (χ3n) is 4.70. The van der Waals surface area contributed by atoms with E-state index in [2.05, 4.69) is 6.92 Å². The lowest BCUT2D eigenvalue weighted by Crippen LogP contribution is -2.02. The molecular formula is C23H24N2O3. The highest BCUT2D eigenvalue weighted by atomic mass is 16.5. The van der Waals surface area contributed by atoms with Crippen LogP contribution in [0.3, 0.4) is 0 Å². The van der Waals surface area contributed by atoms with Gasteiger partial charge in [0.1, 0.15) is 5.75 Å². The largest absolute Gasteiger partial charge is 0.497 e. The van der Waals surface area contributed by atoms with Gasteiger partial charge in [-0.15, -0.1) is 0 Å². The molecule has 0 spiro atoms. The fraction of sp³-hybridized carbons (Fsp3) is 0.261. The Balaban J connectivity index is 2.13. The van der Waals surface area contributed by atoms with E-state index in [-0.39, 0.29) is 5.56 Å². The summed E-state index contributed by atoms with van der Waals surface area (Å²) in [6.45, 7) is 4.05. The predicted octanol–water partition coefficient (Wildman–Crippen LogP) is 5.17. The molecule has 5 nitrogen and oxygen atoms in total. The SMILES string of the molecule is CCCCc1cnc(-c2ccc(OC)cc2)c(-c2ccc(C(=O)O)cc2C)n1. The van der Waals surface area contributed by atoms with Gasteiger partial charge in [-0.05, 0) is 61.7 Å². The van der Waals surface area contributed by atoms with Crippen LogP contribution >= 0.6 is 0 Å². The normalized spacial score (nSPS) is 10.7. The van der Waals surface area contributed by atoms with Gasteiger partial charge in [0.05, 0.1) is 29.8 Å². The van der Waals surface area contributed by atoms with Crippen LogP contribution in [0.25, 0.3) is 22.5 Å². The van der Waals surface area contributed by atoms with Crippen molar-refractivity contribution in [2.75, 3.05) is 7.11 Å². The summed E-state index contributed by atoms with van der Waals surface area (Å²) < 4.78 is 5.25. The van der Waals surface area contributed by atoms with E-state index in [0.29, 0.717) is 0 Å². The molecule has 0 amide bonds. The number of rotatable bonds is 7. The first-order valence-electron chi connectivity index (χ1n) is 9.38. The monoisotopic (exact) mass is 376 g/mol. The molecule has 1 heterocycles. The van der Waals surface area contributed by atoms with Gasteiger partial charge in [-0.1, -0.05) is 19.4 Å². The molecule has 2 aromatic carbocycles. The topological polar surface area (TPSA) is 72.3 Å². The Morgan fingerprint density at radius 2 is 1.86 bits per heavy atom. The molecule has 5 heteroatoms. The second-order valence-electron chi connectivity index (χ2n) is 6.73. The number of benzene rings is 2. The van der Waals surface area contributed by atoms with Gasteiger partial charge in [-0.3, -0.25) is 4.98 Å². The summed E-state index contributed by atoms with van der Waals surface area (Å²) in [5.74, 6) is -0.160. The van der Waals surface area contributed by atoms with E-state index in [1.807, 2.05) is 43.5 Å². The molecule has 0 fully saturated rings. The number of aromatic carboxylic acids is 1. The number of aromatic nitrogens is 2. The van der Waals surface area contributed by atoms with E-state index in [1.165, 1.54) is 0 Å². The molecule has 144 valence electrons. The lowest BCUT2D eigenvalue weighted by atomic mass is 9.98. The number of carboxylic acid groups (broad SMARTS) is 1. The molecule has 3 rings (SSSR count). The second kappa shape index (κ2) is 8.65. The first-order chi connectivity index (χ1) is 13.5. The molecule has 0 bridgehead atoms. The molecule has 28 heavy (non-hydrogen) atoms. The van der Waals surface area contributed by atoms with Crippen molar-refractivity contribution in [3.8, 4) is 28.3 Å². The number of aryl methyl sites for hydroxylation is 2. The van der Waals surface area contributed by atoms with Crippen molar-refractivity contribution in [2.24, 2.45) is 0 Å². The van der Waals surface area contributed by atoms with E-state index in [1.54, 1.807) is 19.2 Å². The van der Waals surface area contributed by atoms with Gasteiger partial charge in [0.15, 0.2) is 0 Å². The van der Waals surface area contributed by atoms with Crippen LogP contribution in [-0.4, -0.2) is 28.2 Å². The van der Waals surface area contributed by atoms with Crippen molar-refractivity contribution in [1.82, 2.24) is 9.97 Å². The van der Waals surface area contributed by atoms with Crippen LogP contribution in [-0.2, 0) is 6.42 Å². The molecule has 0 aliphatic rings. The molecule has 0 atom stereocenters. The van der Waals surface area contributed by atoms with Gasteiger partial charge >= 0.3 is 5.97 Å². The van der Waals surface area contributed by atoms with Crippen LogP contribution in [0.4, 0.5) is 0 Å². The van der Waals surface area contributed by atoms with Gasteiger partial charge in [-0.2, -0.15) is 0 Å². The number of hydrogen-bond acceptors (Lipinski definition) is 4. The summed E-state index contributed by atoms with van der Waals surface area (Å²) in [6, 6.07) is 12.8. The minimum absolute atomic E-state index is 0.266. The lowest BCUT2D eigenvalue weighted by Gasteiger charge is -2.13. The zero-order chi connectivity index (χ0) is 20.1. The highest BCUT2D eigenvalue weighted by Crippen LogP contribution is 2.32. The number of unbranched alkanes of at least 4 members (excludes halogenated alkanes) is 1. The summed E-state index contributed by atoms with van der Waals surface area (Å²) in [7, 11) is 1.64. The van der Waals surface area contributed by atoms with Crippen molar-refractivity contribution in [1.29, 1.82) is 0 Å². The highest BCUT2D eigenvalue weighted by Gasteiger charge is 2.16. The summed E-state index contributed by atoms with van der Waals surface area (Å²) in [6.07, 6.45) is 4.84. The number of hydrogen-bond donors (Lipinski definition) is 1. The highest BCUT2D eigenvalue weighted by molar-refractivity contribution is 5.89. The molecule has 0 aliphatic carbocycles. The van der Waals surface area contributed by atoms with Gasteiger partial charge < -0.3 is 9.84 Å². The average molecular weight is 376 g/mol. The van der Waals surface area contributed by atoms with E-state index < -0.39 is 5.97 Å².